The van der Waals surface area contributed by atoms with Gasteiger partial charge in [0, 0.05) is 6.61 Å². The molecule has 0 aliphatic carbocycles. The van der Waals surface area contributed by atoms with E-state index in [0.717, 1.165) is 18.4 Å². The molecule has 0 radical (unpaired) electrons. The lowest BCUT2D eigenvalue weighted by Crippen LogP contribution is -2.24. The van der Waals surface area contributed by atoms with Crippen molar-refractivity contribution in [1.29, 1.82) is 0 Å². The van der Waals surface area contributed by atoms with Crippen molar-refractivity contribution in [3.8, 4) is 0 Å². The Morgan fingerprint density at radius 2 is 1.16 bits per heavy atom. The number of carboxylic acids is 1. The van der Waals surface area contributed by atoms with Crippen molar-refractivity contribution in [1.82, 2.24) is 0 Å². The molecule has 0 unspecified atom stereocenters. The van der Waals surface area contributed by atoms with Crippen molar-refractivity contribution < 1.29 is 47.9 Å². The molecule has 10 nitrogen and oxygen atoms in total. The Bertz CT molecular complexity index is 732. The van der Waals surface area contributed by atoms with Crippen LogP contribution in [-0.4, -0.2) is 102 Å². The Balaban J connectivity index is 1.75. The number of benzene rings is 1. The van der Waals surface area contributed by atoms with Crippen LogP contribution in [0.3, 0.4) is 0 Å². The zero-order valence-electron chi connectivity index (χ0n) is 22.5. The number of ether oxygens (including phenoxy) is 7. The van der Waals surface area contributed by atoms with E-state index >= 15 is 0 Å². The number of carbonyl (C=O) groups excluding carboxylic acids is 1. The van der Waals surface area contributed by atoms with Crippen LogP contribution in [-0.2, 0) is 44.4 Å². The maximum Gasteiger partial charge on any atom is 0.335 e. The maximum atomic E-state index is 11.5. The second-order valence-corrected chi connectivity index (χ2v) is 9.12. The van der Waals surface area contributed by atoms with Gasteiger partial charge in [-0.05, 0) is 51.3 Å². The summed E-state index contributed by atoms with van der Waals surface area (Å²) in [6, 6.07) is 6.96. The number of rotatable bonds is 23. The molecule has 0 fully saturated rings. The SMILES string of the molecule is CC(C)(C)OC(=O)CCOCCOCCOCCOCCOCCOCCCc1cccc(C(=O)O)c1. The van der Waals surface area contributed by atoms with Gasteiger partial charge in [0.25, 0.3) is 0 Å². The molecule has 0 spiro atoms. The number of esters is 1. The summed E-state index contributed by atoms with van der Waals surface area (Å²) in [5, 5.41) is 9.01. The van der Waals surface area contributed by atoms with Crippen LogP contribution in [0.25, 0.3) is 0 Å². The number of carbonyl (C=O) groups is 2. The van der Waals surface area contributed by atoms with Gasteiger partial charge in [-0.15, -0.1) is 0 Å². The summed E-state index contributed by atoms with van der Waals surface area (Å²) < 4.78 is 37.8. The second-order valence-electron chi connectivity index (χ2n) is 9.12. The van der Waals surface area contributed by atoms with Gasteiger partial charge in [0.2, 0.25) is 0 Å². The predicted molar refractivity (Wildman–Crippen MR) is 137 cm³/mol. The average molecular weight is 529 g/mol. The van der Waals surface area contributed by atoms with Crippen molar-refractivity contribution in [2.75, 3.05) is 79.3 Å². The Kier molecular flexibility index (Phi) is 18.6. The third-order valence-corrected chi connectivity index (χ3v) is 4.66. The van der Waals surface area contributed by atoms with Crippen LogP contribution in [0.4, 0.5) is 0 Å². The van der Waals surface area contributed by atoms with Crippen molar-refractivity contribution in [2.24, 2.45) is 0 Å². The topological polar surface area (TPSA) is 119 Å². The van der Waals surface area contributed by atoms with E-state index < -0.39 is 11.6 Å². The predicted octanol–water partition coefficient (Wildman–Crippen LogP) is 3.15. The van der Waals surface area contributed by atoms with Crippen LogP contribution in [0.1, 0.15) is 49.5 Å². The fraction of sp³-hybridized carbons (Fsp3) is 0.704. The van der Waals surface area contributed by atoms with Gasteiger partial charge in [-0.3, -0.25) is 4.79 Å². The highest BCUT2D eigenvalue weighted by molar-refractivity contribution is 5.87. The summed E-state index contributed by atoms with van der Waals surface area (Å²) in [4.78, 5) is 22.5. The van der Waals surface area contributed by atoms with E-state index in [2.05, 4.69) is 0 Å². The van der Waals surface area contributed by atoms with Crippen LogP contribution in [0.5, 0.6) is 0 Å². The van der Waals surface area contributed by atoms with E-state index in [-0.39, 0.29) is 12.4 Å². The first-order valence-electron chi connectivity index (χ1n) is 12.8. The minimum atomic E-state index is -0.912. The van der Waals surface area contributed by atoms with E-state index in [9.17, 15) is 9.59 Å². The fourth-order valence-corrected chi connectivity index (χ4v) is 2.99. The molecule has 1 aromatic carbocycles. The molecule has 0 bridgehead atoms. The lowest BCUT2D eigenvalue weighted by molar-refractivity contribution is -0.156. The van der Waals surface area contributed by atoms with E-state index in [1.807, 2.05) is 26.8 Å². The van der Waals surface area contributed by atoms with Crippen molar-refractivity contribution in [3.63, 3.8) is 0 Å². The van der Waals surface area contributed by atoms with E-state index in [1.165, 1.54) is 0 Å². The van der Waals surface area contributed by atoms with Gasteiger partial charge in [-0.2, -0.15) is 0 Å². The van der Waals surface area contributed by atoms with Crippen molar-refractivity contribution >= 4 is 11.9 Å². The molecule has 0 heterocycles. The summed E-state index contributed by atoms with van der Waals surface area (Å²) in [6.45, 7) is 11.2. The number of aryl methyl sites for hydroxylation is 1. The largest absolute Gasteiger partial charge is 0.478 e. The van der Waals surface area contributed by atoms with Crippen LogP contribution < -0.4 is 0 Å². The highest BCUT2D eigenvalue weighted by atomic mass is 16.6. The summed E-state index contributed by atoms with van der Waals surface area (Å²) in [7, 11) is 0. The molecule has 212 valence electrons. The Morgan fingerprint density at radius 3 is 1.62 bits per heavy atom. The lowest BCUT2D eigenvalue weighted by Gasteiger charge is -2.19. The van der Waals surface area contributed by atoms with Crippen LogP contribution in [0.2, 0.25) is 0 Å². The molecule has 1 rings (SSSR count). The van der Waals surface area contributed by atoms with Crippen LogP contribution in [0.15, 0.2) is 24.3 Å². The number of hydrogen-bond donors (Lipinski definition) is 1. The molecule has 0 aliphatic heterocycles. The van der Waals surface area contributed by atoms with Gasteiger partial charge in [0.1, 0.15) is 5.60 Å². The van der Waals surface area contributed by atoms with Gasteiger partial charge in [0.05, 0.1) is 84.7 Å². The molecule has 1 N–H and O–H groups in total. The zero-order chi connectivity index (χ0) is 27.2. The molecule has 1 aromatic rings. The zero-order valence-corrected chi connectivity index (χ0v) is 22.5. The summed E-state index contributed by atoms with van der Waals surface area (Å²) >= 11 is 0. The summed E-state index contributed by atoms with van der Waals surface area (Å²) in [5.74, 6) is -1.18. The molecule has 0 aromatic heterocycles. The number of aromatic carboxylic acids is 1. The minimum absolute atomic E-state index is 0.230. The highest BCUT2D eigenvalue weighted by Gasteiger charge is 2.15. The first-order chi connectivity index (χ1) is 17.8. The van der Waals surface area contributed by atoms with Gasteiger partial charge in [0.15, 0.2) is 0 Å². The molecule has 0 aliphatic rings. The van der Waals surface area contributed by atoms with Crippen LogP contribution in [0, 0.1) is 0 Å². The van der Waals surface area contributed by atoms with Gasteiger partial charge in [-0.25, -0.2) is 4.79 Å². The normalized spacial score (nSPS) is 11.5. The third-order valence-electron chi connectivity index (χ3n) is 4.66. The summed E-state index contributed by atoms with van der Waals surface area (Å²) in [5.41, 5.74) is 0.826. The molecule has 37 heavy (non-hydrogen) atoms. The molecule has 0 amide bonds. The van der Waals surface area contributed by atoms with Gasteiger partial charge >= 0.3 is 11.9 Å². The number of hydrogen-bond acceptors (Lipinski definition) is 9. The molecule has 0 atom stereocenters. The average Bonchev–Trinajstić information content (AvgIpc) is 2.84. The lowest BCUT2D eigenvalue weighted by atomic mass is 10.1. The standard InChI is InChI=1S/C27H44O10/c1-27(2,3)37-25(28)9-11-32-13-15-34-17-19-36-21-20-35-18-16-33-14-12-31-10-5-7-23-6-4-8-24(22-23)26(29)30/h4,6,8,22H,5,7,9-21H2,1-3H3,(H,29,30). The Hall–Kier alpha value is -2.08. The second kappa shape index (κ2) is 20.9. The molecule has 10 heteroatoms. The molecular weight excluding hydrogens is 484 g/mol. The fourth-order valence-electron chi connectivity index (χ4n) is 2.99. The highest BCUT2D eigenvalue weighted by Crippen LogP contribution is 2.09. The van der Waals surface area contributed by atoms with E-state index in [4.69, 9.17) is 38.3 Å². The third kappa shape index (κ3) is 20.6. The van der Waals surface area contributed by atoms with Gasteiger partial charge < -0.3 is 38.3 Å². The molecule has 0 saturated carbocycles. The monoisotopic (exact) mass is 528 g/mol. The molecular formula is C27H44O10. The smallest absolute Gasteiger partial charge is 0.335 e. The quantitative estimate of drug-likeness (QED) is 0.168. The van der Waals surface area contributed by atoms with Crippen molar-refractivity contribution in [2.45, 2.75) is 45.6 Å². The van der Waals surface area contributed by atoms with Crippen LogP contribution >= 0.6 is 0 Å². The van der Waals surface area contributed by atoms with E-state index in [1.54, 1.807) is 18.2 Å². The first kappa shape index (κ1) is 32.9. The Morgan fingerprint density at radius 1 is 0.703 bits per heavy atom. The summed E-state index contributed by atoms with van der Waals surface area (Å²) in [6.07, 6.45) is 1.82. The Labute approximate surface area is 220 Å². The van der Waals surface area contributed by atoms with Gasteiger partial charge in [-0.1, -0.05) is 12.1 Å². The first-order valence-corrected chi connectivity index (χ1v) is 12.8. The number of carboxylic acid groups (broad SMARTS) is 1. The van der Waals surface area contributed by atoms with Crippen molar-refractivity contribution in [3.05, 3.63) is 35.4 Å². The van der Waals surface area contributed by atoms with E-state index in [0.29, 0.717) is 84.8 Å². The minimum Gasteiger partial charge on any atom is -0.478 e. The maximum absolute atomic E-state index is 11.5. The molecule has 0 saturated heterocycles.